The number of nitrogens with zero attached hydrogens (tertiary/aromatic N) is 1. The first kappa shape index (κ1) is 9.72. The van der Waals surface area contributed by atoms with Gasteiger partial charge in [0, 0.05) is 11.3 Å². The maximum Gasteiger partial charge on any atom is 0.0632 e. The monoisotopic (exact) mass is 173 g/mol. The number of hydrogen-bond acceptors (Lipinski definition) is 1. The molecule has 0 saturated heterocycles. The van der Waals surface area contributed by atoms with E-state index in [0.29, 0.717) is 0 Å². The van der Waals surface area contributed by atoms with E-state index in [0.717, 1.165) is 17.0 Å². The summed E-state index contributed by atoms with van der Waals surface area (Å²) in [5.74, 6) is 0. The molecule has 0 saturated carbocycles. The Morgan fingerprint density at radius 3 is 2.38 bits per heavy atom. The van der Waals surface area contributed by atoms with E-state index in [1.807, 2.05) is 32.0 Å². The third-order valence-electron chi connectivity index (χ3n) is 1.81. The normalized spacial score (nSPS) is 9.46. The molecular formula is C12H15N. The van der Waals surface area contributed by atoms with Gasteiger partial charge in [-0.3, -0.25) is 4.99 Å². The van der Waals surface area contributed by atoms with Crippen molar-refractivity contribution in [2.24, 2.45) is 4.99 Å². The predicted octanol–water partition coefficient (Wildman–Crippen LogP) is 3.45. The van der Waals surface area contributed by atoms with Crippen LogP contribution in [0.4, 0.5) is 0 Å². The fraction of sp³-hybridized carbons (Fsp3) is 0.250. The van der Waals surface area contributed by atoms with Crippen molar-refractivity contribution in [3.05, 3.63) is 42.0 Å². The van der Waals surface area contributed by atoms with Crippen molar-refractivity contribution in [3.63, 3.8) is 0 Å². The van der Waals surface area contributed by atoms with Gasteiger partial charge in [0.2, 0.25) is 0 Å². The van der Waals surface area contributed by atoms with Crippen molar-refractivity contribution in [3.8, 4) is 0 Å². The zero-order chi connectivity index (χ0) is 9.84. The quantitative estimate of drug-likeness (QED) is 0.607. The molecule has 0 aliphatic rings. The Hall–Kier alpha value is -1.37. The summed E-state index contributed by atoms with van der Waals surface area (Å²) in [7, 11) is 0. The van der Waals surface area contributed by atoms with E-state index in [4.69, 9.17) is 0 Å². The van der Waals surface area contributed by atoms with Crippen LogP contribution < -0.4 is 0 Å². The highest BCUT2D eigenvalue weighted by Crippen LogP contribution is 2.17. The number of benzene rings is 1. The molecule has 0 amide bonds. The van der Waals surface area contributed by atoms with E-state index in [1.165, 1.54) is 5.56 Å². The van der Waals surface area contributed by atoms with Gasteiger partial charge in [-0.1, -0.05) is 30.8 Å². The first-order chi connectivity index (χ1) is 6.11. The summed E-state index contributed by atoms with van der Waals surface area (Å²) < 4.78 is 0. The molecule has 1 rings (SSSR count). The molecule has 0 N–H and O–H groups in total. The number of aliphatic imine (C=N–C) groups is 1. The maximum atomic E-state index is 4.33. The van der Waals surface area contributed by atoms with Crippen LogP contribution in [0.3, 0.4) is 0 Å². The molecule has 13 heavy (non-hydrogen) atoms. The summed E-state index contributed by atoms with van der Waals surface area (Å²) in [4.78, 5) is 4.33. The molecule has 1 nitrogen and oxygen atoms in total. The molecule has 68 valence electrons. The number of rotatable bonds is 2. The van der Waals surface area contributed by atoms with Gasteiger partial charge in [-0.05, 0) is 26.3 Å². The van der Waals surface area contributed by atoms with Gasteiger partial charge in [-0.2, -0.15) is 0 Å². The van der Waals surface area contributed by atoms with Gasteiger partial charge in [0.15, 0.2) is 0 Å². The lowest BCUT2D eigenvalue weighted by atomic mass is 10.1. The minimum atomic E-state index is 0.845. The van der Waals surface area contributed by atoms with Crippen LogP contribution >= 0.6 is 0 Å². The van der Waals surface area contributed by atoms with Gasteiger partial charge in [0.25, 0.3) is 0 Å². The van der Waals surface area contributed by atoms with Gasteiger partial charge in [-0.25, -0.2) is 0 Å². The molecule has 0 aliphatic heterocycles. The third-order valence-corrected chi connectivity index (χ3v) is 1.81. The molecule has 0 aromatic heterocycles. The molecule has 0 heterocycles. The Labute approximate surface area is 79.8 Å². The largest absolute Gasteiger partial charge is 0.258 e. The summed E-state index contributed by atoms with van der Waals surface area (Å²) >= 11 is 0. The number of hydrogen-bond donors (Lipinski definition) is 0. The highest BCUT2D eigenvalue weighted by Gasteiger charge is 1.99. The van der Waals surface area contributed by atoms with Crippen LogP contribution in [-0.2, 0) is 0 Å². The minimum Gasteiger partial charge on any atom is -0.258 e. The highest BCUT2D eigenvalue weighted by molar-refractivity contribution is 5.85. The fourth-order valence-corrected chi connectivity index (χ4v) is 1.23. The van der Waals surface area contributed by atoms with Crippen molar-refractivity contribution >= 4 is 11.4 Å². The molecule has 0 spiro atoms. The van der Waals surface area contributed by atoms with Gasteiger partial charge in [0.05, 0.1) is 5.70 Å². The van der Waals surface area contributed by atoms with E-state index in [9.17, 15) is 0 Å². The van der Waals surface area contributed by atoms with E-state index < -0.39 is 0 Å². The molecule has 0 radical (unpaired) electrons. The van der Waals surface area contributed by atoms with Crippen LogP contribution in [0.2, 0.25) is 0 Å². The molecule has 0 unspecified atom stereocenters. The smallest absolute Gasteiger partial charge is 0.0632 e. The molecule has 0 bridgehead atoms. The fourth-order valence-electron chi connectivity index (χ4n) is 1.23. The van der Waals surface area contributed by atoms with Crippen molar-refractivity contribution in [2.75, 3.05) is 0 Å². The molecule has 0 fully saturated rings. The van der Waals surface area contributed by atoms with Crippen molar-refractivity contribution in [1.82, 2.24) is 0 Å². The molecule has 0 atom stereocenters. The van der Waals surface area contributed by atoms with Gasteiger partial charge >= 0.3 is 0 Å². The van der Waals surface area contributed by atoms with Gasteiger partial charge in [0.1, 0.15) is 0 Å². The Morgan fingerprint density at radius 2 is 1.85 bits per heavy atom. The lowest BCUT2D eigenvalue weighted by molar-refractivity contribution is 1.39. The van der Waals surface area contributed by atoms with Gasteiger partial charge < -0.3 is 0 Å². The Morgan fingerprint density at radius 1 is 1.23 bits per heavy atom. The van der Waals surface area contributed by atoms with Crippen LogP contribution in [0, 0.1) is 6.92 Å². The maximum absolute atomic E-state index is 4.33. The second kappa shape index (κ2) is 4.04. The van der Waals surface area contributed by atoms with Crippen LogP contribution in [0.5, 0.6) is 0 Å². The zero-order valence-corrected chi connectivity index (χ0v) is 8.46. The van der Waals surface area contributed by atoms with Crippen LogP contribution in [-0.4, -0.2) is 5.71 Å². The standard InChI is InChI=1S/C12H15N/c1-9(2)13-11(4)12-8-6-5-7-10(12)3/h5-8H,4H2,1-3H3. The second-order valence-electron chi connectivity index (χ2n) is 3.32. The first-order valence-electron chi connectivity index (χ1n) is 4.38. The average molecular weight is 173 g/mol. The molecular weight excluding hydrogens is 158 g/mol. The van der Waals surface area contributed by atoms with Gasteiger partial charge in [-0.15, -0.1) is 0 Å². The minimum absolute atomic E-state index is 0.845. The lowest BCUT2D eigenvalue weighted by Crippen LogP contribution is -1.87. The number of aryl methyl sites for hydroxylation is 1. The van der Waals surface area contributed by atoms with E-state index in [2.05, 4.69) is 24.6 Å². The molecule has 0 aliphatic carbocycles. The van der Waals surface area contributed by atoms with E-state index >= 15 is 0 Å². The van der Waals surface area contributed by atoms with Crippen LogP contribution in [0.15, 0.2) is 35.8 Å². The van der Waals surface area contributed by atoms with Crippen LogP contribution in [0.1, 0.15) is 25.0 Å². The lowest BCUT2D eigenvalue weighted by Gasteiger charge is -2.04. The Bertz CT molecular complexity index is 344. The van der Waals surface area contributed by atoms with Crippen molar-refractivity contribution in [2.45, 2.75) is 20.8 Å². The second-order valence-corrected chi connectivity index (χ2v) is 3.32. The Kier molecular flexibility index (Phi) is 3.02. The summed E-state index contributed by atoms with van der Waals surface area (Å²) in [6.07, 6.45) is 0. The summed E-state index contributed by atoms with van der Waals surface area (Å²) in [5.41, 5.74) is 4.23. The zero-order valence-electron chi connectivity index (χ0n) is 8.46. The molecule has 1 aromatic carbocycles. The predicted molar refractivity (Wildman–Crippen MR) is 59.0 cm³/mol. The van der Waals surface area contributed by atoms with Crippen molar-refractivity contribution < 1.29 is 0 Å². The Balaban J connectivity index is 3.03. The first-order valence-corrected chi connectivity index (χ1v) is 4.38. The average Bonchev–Trinajstić information content (AvgIpc) is 2.03. The summed E-state index contributed by atoms with van der Waals surface area (Å²) in [6, 6.07) is 8.15. The SMILES string of the molecule is C=C(N=C(C)C)c1ccccc1C. The topological polar surface area (TPSA) is 12.4 Å². The summed E-state index contributed by atoms with van der Waals surface area (Å²) in [5, 5.41) is 0. The molecule has 1 heteroatoms. The van der Waals surface area contributed by atoms with E-state index in [1.54, 1.807) is 0 Å². The highest BCUT2D eigenvalue weighted by atomic mass is 14.7. The molecule has 1 aromatic rings. The van der Waals surface area contributed by atoms with Crippen LogP contribution in [0.25, 0.3) is 5.70 Å². The summed E-state index contributed by atoms with van der Waals surface area (Å²) in [6.45, 7) is 9.96. The van der Waals surface area contributed by atoms with E-state index in [-0.39, 0.29) is 0 Å². The van der Waals surface area contributed by atoms with Crippen molar-refractivity contribution in [1.29, 1.82) is 0 Å². The third kappa shape index (κ3) is 2.55.